The molecule has 1 amide bonds. The van der Waals surface area contributed by atoms with Crippen molar-refractivity contribution in [3.8, 4) is 0 Å². The van der Waals surface area contributed by atoms with E-state index in [1.807, 2.05) is 6.92 Å². The van der Waals surface area contributed by atoms with Crippen molar-refractivity contribution in [1.82, 2.24) is 15.1 Å². The van der Waals surface area contributed by atoms with Gasteiger partial charge in [0, 0.05) is 37.4 Å². The van der Waals surface area contributed by atoms with E-state index in [-0.39, 0.29) is 11.4 Å². The lowest BCUT2D eigenvalue weighted by Crippen LogP contribution is -2.46. The van der Waals surface area contributed by atoms with Crippen molar-refractivity contribution in [2.75, 3.05) is 58.3 Å². The lowest BCUT2D eigenvalue weighted by Gasteiger charge is -2.36. The molecule has 1 aliphatic heterocycles. The van der Waals surface area contributed by atoms with E-state index in [1.165, 1.54) is 35.7 Å². The van der Waals surface area contributed by atoms with E-state index in [1.54, 1.807) is 0 Å². The molecule has 1 N–H and O–H groups in total. The molecule has 2 aliphatic rings. The molecule has 1 saturated carbocycles. The molecular weight excluding hydrogens is 444 g/mol. The van der Waals surface area contributed by atoms with Gasteiger partial charge in [0.15, 0.2) is 0 Å². The number of carbonyl (C=O) groups is 1. The van der Waals surface area contributed by atoms with Gasteiger partial charge in [0.2, 0.25) is 0 Å². The number of fused-ring (bicyclic) bond motifs is 1. The van der Waals surface area contributed by atoms with Crippen LogP contribution >= 0.6 is 0 Å². The van der Waals surface area contributed by atoms with E-state index in [0.717, 1.165) is 62.4 Å². The quantitative estimate of drug-likeness (QED) is 0.433. The highest BCUT2D eigenvalue weighted by atomic mass is 16.1. The molecule has 36 heavy (non-hydrogen) atoms. The van der Waals surface area contributed by atoms with Gasteiger partial charge in [-0.1, -0.05) is 48.5 Å². The van der Waals surface area contributed by atoms with Crippen LogP contribution in [-0.4, -0.2) is 69.1 Å². The standard InChI is InChI=1S/C31H40N4O/c1-24-13-14-26(35-21-19-34(20-22-35)18-7-6-17-33(2)3)23-28(24)30(36)32-31(15-16-31)29-12-8-10-25-9-4-5-11-27(25)29/h4-5,8-14,23H,6-7,15-22H2,1-3H3,(H,32,36). The summed E-state index contributed by atoms with van der Waals surface area (Å²) in [6.07, 6.45) is 4.49. The number of anilines is 1. The fourth-order valence-electron chi connectivity index (χ4n) is 5.56. The molecule has 5 rings (SSSR count). The summed E-state index contributed by atoms with van der Waals surface area (Å²) < 4.78 is 0. The molecule has 0 aromatic heterocycles. The maximum absolute atomic E-state index is 13.6. The second-order valence-electron chi connectivity index (χ2n) is 10.9. The lowest BCUT2D eigenvalue weighted by atomic mass is 9.96. The zero-order chi connectivity index (χ0) is 25.1. The molecule has 1 saturated heterocycles. The van der Waals surface area contributed by atoms with Crippen molar-refractivity contribution in [1.29, 1.82) is 0 Å². The van der Waals surface area contributed by atoms with E-state index in [4.69, 9.17) is 0 Å². The van der Waals surface area contributed by atoms with Crippen molar-refractivity contribution in [3.05, 3.63) is 77.4 Å². The fraction of sp³-hybridized carbons (Fsp3) is 0.452. The minimum Gasteiger partial charge on any atom is -0.369 e. The number of nitrogens with zero attached hydrogens (tertiary/aromatic N) is 3. The van der Waals surface area contributed by atoms with Crippen molar-refractivity contribution < 1.29 is 4.79 Å². The number of piperazine rings is 1. The second-order valence-corrected chi connectivity index (χ2v) is 10.9. The van der Waals surface area contributed by atoms with Gasteiger partial charge in [-0.05, 0) is 93.8 Å². The molecule has 5 nitrogen and oxygen atoms in total. The maximum Gasteiger partial charge on any atom is 0.252 e. The van der Waals surface area contributed by atoms with Crippen LogP contribution in [0.2, 0.25) is 0 Å². The van der Waals surface area contributed by atoms with Crippen LogP contribution in [0.4, 0.5) is 5.69 Å². The van der Waals surface area contributed by atoms with Crippen LogP contribution in [0, 0.1) is 6.92 Å². The summed E-state index contributed by atoms with van der Waals surface area (Å²) in [5.41, 5.74) is 3.98. The average molecular weight is 485 g/mol. The Labute approximate surface area is 216 Å². The Hall–Kier alpha value is -2.89. The Morgan fingerprint density at radius 1 is 0.944 bits per heavy atom. The normalized spacial score (nSPS) is 17.5. The summed E-state index contributed by atoms with van der Waals surface area (Å²) in [5, 5.41) is 5.90. The lowest BCUT2D eigenvalue weighted by molar-refractivity contribution is 0.0930. The largest absolute Gasteiger partial charge is 0.369 e. The van der Waals surface area contributed by atoms with Crippen LogP contribution in [-0.2, 0) is 5.54 Å². The van der Waals surface area contributed by atoms with Crippen molar-refractivity contribution in [2.45, 2.75) is 38.1 Å². The second kappa shape index (κ2) is 10.6. The summed E-state index contributed by atoms with van der Waals surface area (Å²) in [7, 11) is 4.28. The molecule has 3 aromatic rings. The van der Waals surface area contributed by atoms with Gasteiger partial charge in [0.1, 0.15) is 0 Å². The van der Waals surface area contributed by atoms with E-state index in [0.29, 0.717) is 0 Å². The Bertz CT molecular complexity index is 1200. The first-order chi connectivity index (χ1) is 17.4. The molecular formula is C31H40N4O. The van der Waals surface area contributed by atoms with Crippen LogP contribution in [0.3, 0.4) is 0 Å². The number of hydrogen-bond donors (Lipinski definition) is 1. The smallest absolute Gasteiger partial charge is 0.252 e. The molecule has 0 unspecified atom stereocenters. The molecule has 190 valence electrons. The topological polar surface area (TPSA) is 38.8 Å². The number of benzene rings is 3. The summed E-state index contributed by atoms with van der Waals surface area (Å²) >= 11 is 0. The van der Waals surface area contributed by atoms with Crippen LogP contribution in [0.5, 0.6) is 0 Å². The molecule has 0 atom stereocenters. The van der Waals surface area contributed by atoms with Crippen LogP contribution < -0.4 is 10.2 Å². The monoisotopic (exact) mass is 484 g/mol. The maximum atomic E-state index is 13.6. The molecule has 0 radical (unpaired) electrons. The van der Waals surface area contributed by atoms with Crippen LogP contribution in [0.15, 0.2) is 60.7 Å². The van der Waals surface area contributed by atoms with Crippen molar-refractivity contribution >= 4 is 22.4 Å². The highest BCUT2D eigenvalue weighted by molar-refractivity contribution is 5.98. The van der Waals surface area contributed by atoms with Crippen LogP contribution in [0.1, 0.15) is 47.2 Å². The van der Waals surface area contributed by atoms with Gasteiger partial charge in [0.05, 0.1) is 5.54 Å². The number of aryl methyl sites for hydroxylation is 1. The summed E-state index contributed by atoms with van der Waals surface area (Å²) in [6.45, 7) is 8.58. The van der Waals surface area contributed by atoms with Gasteiger partial charge in [-0.3, -0.25) is 9.69 Å². The molecule has 1 aliphatic carbocycles. The van der Waals surface area contributed by atoms with E-state index < -0.39 is 0 Å². The summed E-state index contributed by atoms with van der Waals surface area (Å²) in [4.78, 5) is 20.8. The Morgan fingerprint density at radius 2 is 1.69 bits per heavy atom. The molecule has 0 spiro atoms. The van der Waals surface area contributed by atoms with E-state index in [9.17, 15) is 4.79 Å². The van der Waals surface area contributed by atoms with Gasteiger partial charge in [-0.2, -0.15) is 0 Å². The van der Waals surface area contributed by atoms with E-state index >= 15 is 0 Å². The zero-order valence-corrected chi connectivity index (χ0v) is 22.1. The molecule has 2 fully saturated rings. The number of unbranched alkanes of at least 4 members (excludes halogenated alkanes) is 1. The third-order valence-corrected chi connectivity index (χ3v) is 7.94. The minimum absolute atomic E-state index is 0.0410. The van der Waals surface area contributed by atoms with Gasteiger partial charge >= 0.3 is 0 Å². The number of carbonyl (C=O) groups excluding carboxylic acids is 1. The number of amides is 1. The van der Waals surface area contributed by atoms with Gasteiger partial charge in [-0.15, -0.1) is 0 Å². The van der Waals surface area contributed by atoms with Gasteiger partial charge < -0.3 is 15.1 Å². The summed E-state index contributed by atoms with van der Waals surface area (Å²) in [6, 6.07) is 21.3. The highest BCUT2D eigenvalue weighted by Gasteiger charge is 2.46. The highest BCUT2D eigenvalue weighted by Crippen LogP contribution is 2.48. The summed E-state index contributed by atoms with van der Waals surface area (Å²) in [5.74, 6) is 0.0410. The number of hydrogen-bond acceptors (Lipinski definition) is 4. The van der Waals surface area contributed by atoms with Crippen molar-refractivity contribution in [2.24, 2.45) is 0 Å². The number of rotatable bonds is 9. The zero-order valence-electron chi connectivity index (χ0n) is 22.1. The van der Waals surface area contributed by atoms with Crippen LogP contribution in [0.25, 0.3) is 10.8 Å². The average Bonchev–Trinajstić information content (AvgIpc) is 3.67. The van der Waals surface area contributed by atoms with Crippen molar-refractivity contribution in [3.63, 3.8) is 0 Å². The molecule has 5 heteroatoms. The Morgan fingerprint density at radius 3 is 2.44 bits per heavy atom. The Balaban J connectivity index is 1.24. The minimum atomic E-state index is -0.251. The molecule has 1 heterocycles. The molecule has 0 bridgehead atoms. The predicted molar refractivity (Wildman–Crippen MR) is 150 cm³/mol. The van der Waals surface area contributed by atoms with Gasteiger partial charge in [0.25, 0.3) is 5.91 Å². The first-order valence-electron chi connectivity index (χ1n) is 13.5. The third kappa shape index (κ3) is 5.42. The number of nitrogens with one attached hydrogen (secondary N) is 1. The van der Waals surface area contributed by atoms with Gasteiger partial charge in [-0.25, -0.2) is 0 Å². The fourth-order valence-corrected chi connectivity index (χ4v) is 5.56. The third-order valence-electron chi connectivity index (χ3n) is 7.94. The predicted octanol–water partition coefficient (Wildman–Crippen LogP) is 5.03. The Kier molecular flexibility index (Phi) is 7.31. The van der Waals surface area contributed by atoms with E-state index in [2.05, 4.69) is 94.8 Å². The first kappa shape index (κ1) is 24.8. The first-order valence-corrected chi connectivity index (χ1v) is 13.5. The SMILES string of the molecule is Cc1ccc(N2CCN(CCCCN(C)C)CC2)cc1C(=O)NC1(c2cccc3ccccc23)CC1. The molecule has 3 aromatic carbocycles.